The summed E-state index contributed by atoms with van der Waals surface area (Å²) in [5.41, 5.74) is 3.44. The second-order valence-corrected chi connectivity index (χ2v) is 7.33. The molecule has 1 heterocycles. The van der Waals surface area contributed by atoms with Gasteiger partial charge in [0.1, 0.15) is 11.6 Å². The predicted octanol–water partition coefficient (Wildman–Crippen LogP) is 5.84. The molecule has 4 rings (SSSR count). The van der Waals surface area contributed by atoms with Gasteiger partial charge in [0.15, 0.2) is 0 Å². The van der Waals surface area contributed by atoms with Crippen LogP contribution in [0.1, 0.15) is 21.7 Å². The molecule has 6 nitrogen and oxygen atoms in total. The van der Waals surface area contributed by atoms with Crippen LogP contribution in [-0.2, 0) is 6.54 Å². The van der Waals surface area contributed by atoms with Crippen molar-refractivity contribution in [3.05, 3.63) is 102 Å². The summed E-state index contributed by atoms with van der Waals surface area (Å²) in [6, 6.07) is 20.8. The normalized spacial score (nSPS) is 10.8. The van der Waals surface area contributed by atoms with Crippen LogP contribution in [0, 0.1) is 6.92 Å². The first-order valence-corrected chi connectivity index (χ1v) is 10.3. The number of hydrogen-bond donors (Lipinski definition) is 2. The van der Waals surface area contributed by atoms with E-state index in [1.165, 1.54) is 12.1 Å². The number of nitrogens with one attached hydrogen (secondary N) is 2. The van der Waals surface area contributed by atoms with Crippen molar-refractivity contribution in [2.75, 3.05) is 10.6 Å². The van der Waals surface area contributed by atoms with Crippen molar-refractivity contribution in [2.45, 2.75) is 20.1 Å². The van der Waals surface area contributed by atoms with Gasteiger partial charge in [-0.25, -0.2) is 4.98 Å². The minimum atomic E-state index is -2.88. The lowest BCUT2D eigenvalue weighted by atomic mass is 10.1. The summed E-state index contributed by atoms with van der Waals surface area (Å²) >= 11 is 0. The Hall–Kier alpha value is -4.20. The molecule has 0 saturated heterocycles. The van der Waals surface area contributed by atoms with E-state index in [2.05, 4.69) is 20.4 Å². The van der Waals surface area contributed by atoms with E-state index < -0.39 is 6.61 Å². The van der Waals surface area contributed by atoms with Gasteiger partial charge >= 0.3 is 6.61 Å². The smallest absolute Gasteiger partial charge is 0.387 e. The summed E-state index contributed by atoms with van der Waals surface area (Å²) in [5.74, 6) is 0.731. The van der Waals surface area contributed by atoms with Gasteiger partial charge in [-0.15, -0.1) is 0 Å². The third kappa shape index (κ3) is 5.74. The van der Waals surface area contributed by atoms with E-state index in [1.807, 2.05) is 42.0 Å². The largest absolute Gasteiger partial charge is 0.435 e. The highest BCUT2D eigenvalue weighted by Gasteiger charge is 2.12. The van der Waals surface area contributed by atoms with Crippen molar-refractivity contribution in [2.24, 2.45) is 0 Å². The van der Waals surface area contributed by atoms with Crippen LogP contribution in [-0.4, -0.2) is 22.1 Å². The molecule has 0 saturated carbocycles. The highest BCUT2D eigenvalue weighted by molar-refractivity contribution is 6.08. The molecule has 8 heteroatoms. The first-order valence-electron chi connectivity index (χ1n) is 10.3. The molecule has 0 unspecified atom stereocenters. The number of rotatable bonds is 8. The fraction of sp³-hybridized carbons (Fsp3) is 0.120. The number of hydrogen-bond acceptors (Lipinski definition) is 4. The molecule has 0 aliphatic rings. The quantitative estimate of drug-likeness (QED) is 0.356. The Morgan fingerprint density at radius 2 is 1.70 bits per heavy atom. The number of aryl methyl sites for hydroxylation is 1. The lowest BCUT2D eigenvalue weighted by molar-refractivity contribution is -0.0498. The average Bonchev–Trinajstić information content (AvgIpc) is 3.20. The third-order valence-corrected chi connectivity index (χ3v) is 5.02. The zero-order valence-corrected chi connectivity index (χ0v) is 17.8. The van der Waals surface area contributed by atoms with Gasteiger partial charge in [0.2, 0.25) is 0 Å². The third-order valence-electron chi connectivity index (χ3n) is 5.02. The van der Waals surface area contributed by atoms with E-state index in [9.17, 15) is 13.6 Å². The van der Waals surface area contributed by atoms with Crippen molar-refractivity contribution in [1.82, 2.24) is 9.55 Å². The van der Waals surface area contributed by atoms with Crippen molar-refractivity contribution in [3.63, 3.8) is 0 Å². The number of imidazole rings is 1. The highest BCUT2D eigenvalue weighted by Crippen LogP contribution is 2.24. The molecule has 4 aromatic rings. The number of ether oxygens (including phenoxy) is 1. The summed E-state index contributed by atoms with van der Waals surface area (Å²) in [6.45, 7) is -0.225. The van der Waals surface area contributed by atoms with Crippen LogP contribution >= 0.6 is 0 Å². The molecule has 168 valence electrons. The van der Waals surface area contributed by atoms with Crippen molar-refractivity contribution in [3.8, 4) is 5.75 Å². The van der Waals surface area contributed by atoms with Crippen LogP contribution in [0.2, 0.25) is 0 Å². The van der Waals surface area contributed by atoms with Gasteiger partial charge in [-0.1, -0.05) is 24.3 Å². The average molecular weight is 448 g/mol. The zero-order chi connectivity index (χ0) is 23.2. The van der Waals surface area contributed by atoms with E-state index in [4.69, 9.17) is 0 Å². The maximum atomic E-state index is 12.9. The monoisotopic (exact) mass is 448 g/mol. The highest BCUT2D eigenvalue weighted by atomic mass is 19.3. The summed E-state index contributed by atoms with van der Waals surface area (Å²) in [4.78, 5) is 17.1. The van der Waals surface area contributed by atoms with E-state index in [-0.39, 0.29) is 11.7 Å². The number of aromatic nitrogens is 2. The Kier molecular flexibility index (Phi) is 6.64. The fourth-order valence-electron chi connectivity index (χ4n) is 3.32. The summed E-state index contributed by atoms with van der Waals surface area (Å²) < 4.78 is 31.1. The molecule has 0 bridgehead atoms. The predicted molar refractivity (Wildman–Crippen MR) is 123 cm³/mol. The molecule has 33 heavy (non-hydrogen) atoms. The lowest BCUT2D eigenvalue weighted by Gasteiger charge is -2.13. The molecule has 1 amide bonds. The van der Waals surface area contributed by atoms with Crippen LogP contribution < -0.4 is 15.4 Å². The first kappa shape index (κ1) is 22.0. The van der Waals surface area contributed by atoms with Crippen molar-refractivity contribution < 1.29 is 18.3 Å². The maximum absolute atomic E-state index is 12.9. The van der Waals surface area contributed by atoms with Gasteiger partial charge in [0.25, 0.3) is 5.91 Å². The molecule has 0 fully saturated rings. The molecular weight excluding hydrogens is 426 g/mol. The van der Waals surface area contributed by atoms with Gasteiger partial charge in [0.05, 0.1) is 11.3 Å². The van der Waals surface area contributed by atoms with E-state index in [0.717, 1.165) is 11.4 Å². The number of benzene rings is 3. The number of para-hydroxylation sites is 1. The molecule has 2 N–H and O–H groups in total. The van der Waals surface area contributed by atoms with E-state index >= 15 is 0 Å². The van der Waals surface area contributed by atoms with Crippen LogP contribution in [0.5, 0.6) is 5.75 Å². The number of amides is 1. The number of nitrogens with zero attached hydrogens (tertiary/aromatic N) is 2. The maximum Gasteiger partial charge on any atom is 0.387 e. The summed E-state index contributed by atoms with van der Waals surface area (Å²) in [5, 5.41) is 6.06. The Morgan fingerprint density at radius 3 is 2.36 bits per heavy atom. The molecule has 1 aromatic heterocycles. The summed E-state index contributed by atoms with van der Waals surface area (Å²) in [6.07, 6.45) is 3.69. The Morgan fingerprint density at radius 1 is 1.00 bits per heavy atom. The molecule has 0 spiro atoms. The SMILES string of the molecule is Cc1nccn1Cc1ccc(NC(=O)c2ccccc2Nc2ccc(OC(F)F)cc2)cc1. The number of anilines is 3. The van der Waals surface area contributed by atoms with Gasteiger partial charge in [-0.05, 0) is 61.0 Å². The second-order valence-electron chi connectivity index (χ2n) is 7.33. The van der Waals surface area contributed by atoms with Crippen molar-refractivity contribution >= 4 is 23.0 Å². The van der Waals surface area contributed by atoms with Crippen LogP contribution in [0.15, 0.2) is 85.2 Å². The fourth-order valence-corrected chi connectivity index (χ4v) is 3.32. The Labute approximate surface area is 189 Å². The van der Waals surface area contributed by atoms with Crippen LogP contribution in [0.4, 0.5) is 25.8 Å². The van der Waals surface area contributed by atoms with Gasteiger partial charge in [-0.2, -0.15) is 8.78 Å². The lowest BCUT2D eigenvalue weighted by Crippen LogP contribution is -2.14. The summed E-state index contributed by atoms with van der Waals surface area (Å²) in [7, 11) is 0. The topological polar surface area (TPSA) is 68.2 Å². The molecule has 0 aliphatic heterocycles. The van der Waals surface area contributed by atoms with E-state index in [1.54, 1.807) is 42.6 Å². The molecule has 0 atom stereocenters. The Balaban J connectivity index is 1.43. The zero-order valence-electron chi connectivity index (χ0n) is 17.8. The number of halogens is 2. The Bertz CT molecular complexity index is 1220. The molecule has 0 radical (unpaired) electrons. The molecular formula is C25H22F2N4O2. The van der Waals surface area contributed by atoms with Crippen LogP contribution in [0.25, 0.3) is 0 Å². The minimum absolute atomic E-state index is 0.0632. The first-order chi connectivity index (χ1) is 16.0. The number of carbonyl (C=O) groups excluding carboxylic acids is 1. The molecule has 0 aliphatic carbocycles. The van der Waals surface area contributed by atoms with Gasteiger partial charge in [0, 0.05) is 30.3 Å². The number of alkyl halides is 2. The minimum Gasteiger partial charge on any atom is -0.435 e. The second kappa shape index (κ2) is 9.95. The molecule has 3 aromatic carbocycles. The standard InChI is InChI=1S/C25H22F2N4O2/c1-17-28-14-15-31(17)16-18-6-8-20(9-7-18)30-24(32)22-4-2-3-5-23(22)29-19-10-12-21(13-11-19)33-25(26)27/h2-15,25,29H,16H2,1H3,(H,30,32). The number of carbonyl (C=O) groups is 1. The van der Waals surface area contributed by atoms with E-state index in [0.29, 0.717) is 29.2 Å². The van der Waals surface area contributed by atoms with Gasteiger partial charge in [-0.3, -0.25) is 4.79 Å². The van der Waals surface area contributed by atoms with Crippen molar-refractivity contribution in [1.29, 1.82) is 0 Å². The van der Waals surface area contributed by atoms with Gasteiger partial charge < -0.3 is 19.9 Å². The van der Waals surface area contributed by atoms with Crippen LogP contribution in [0.3, 0.4) is 0 Å².